The molecule has 2 aromatic rings. The largest absolute Gasteiger partial charge is 0.371 e. The Balaban J connectivity index is 2.14. The molecule has 0 fully saturated rings. The molecule has 1 aromatic carbocycles. The third kappa shape index (κ3) is 3.24. The lowest BCUT2D eigenvalue weighted by Crippen LogP contribution is -2.12. The zero-order chi connectivity index (χ0) is 14.5. The summed E-state index contributed by atoms with van der Waals surface area (Å²) in [7, 11) is 0. The van der Waals surface area contributed by atoms with Crippen molar-refractivity contribution >= 4 is 5.91 Å². The van der Waals surface area contributed by atoms with Crippen LogP contribution in [0.4, 0.5) is 0 Å². The van der Waals surface area contributed by atoms with E-state index in [1.165, 1.54) is 0 Å². The van der Waals surface area contributed by atoms with Crippen LogP contribution < -0.4 is 5.73 Å². The van der Waals surface area contributed by atoms with Crippen LogP contribution in [-0.2, 0) is 11.3 Å². The van der Waals surface area contributed by atoms with E-state index in [1.807, 2.05) is 36.7 Å². The molecule has 0 spiro atoms. The lowest BCUT2D eigenvalue weighted by Gasteiger charge is -2.14. The van der Waals surface area contributed by atoms with Crippen LogP contribution in [0.2, 0.25) is 0 Å². The Labute approximate surface area is 118 Å². The first kappa shape index (κ1) is 14.3. The van der Waals surface area contributed by atoms with Crippen molar-refractivity contribution in [2.45, 2.75) is 26.5 Å². The first-order valence-corrected chi connectivity index (χ1v) is 6.63. The minimum atomic E-state index is -0.412. The Morgan fingerprint density at radius 2 is 2.10 bits per heavy atom. The van der Waals surface area contributed by atoms with E-state index in [4.69, 9.17) is 10.5 Å². The maximum atomic E-state index is 11.0. The van der Waals surface area contributed by atoms with Gasteiger partial charge in [0, 0.05) is 31.1 Å². The predicted molar refractivity (Wildman–Crippen MR) is 76.3 cm³/mol. The number of nitrogens with zero attached hydrogens (tertiary/aromatic N) is 2. The van der Waals surface area contributed by atoms with Gasteiger partial charge in [-0.05, 0) is 31.5 Å². The summed E-state index contributed by atoms with van der Waals surface area (Å²) >= 11 is 0. The van der Waals surface area contributed by atoms with Gasteiger partial charge in [0.05, 0.1) is 0 Å². The number of ether oxygens (including phenoxy) is 1. The van der Waals surface area contributed by atoms with E-state index in [9.17, 15) is 4.79 Å². The van der Waals surface area contributed by atoms with Crippen LogP contribution in [0.25, 0.3) is 0 Å². The molecule has 0 unspecified atom stereocenters. The van der Waals surface area contributed by atoms with Gasteiger partial charge in [-0.25, -0.2) is 4.98 Å². The van der Waals surface area contributed by atoms with Crippen LogP contribution in [-0.4, -0.2) is 22.1 Å². The Bertz CT molecular complexity index is 575. The third-order valence-corrected chi connectivity index (χ3v) is 3.12. The molecule has 0 radical (unpaired) electrons. The number of carbonyl (C=O) groups excluding carboxylic acids is 1. The van der Waals surface area contributed by atoms with Crippen molar-refractivity contribution in [3.05, 3.63) is 53.6 Å². The molecular weight excluding hydrogens is 254 g/mol. The highest BCUT2D eigenvalue weighted by atomic mass is 16.5. The summed E-state index contributed by atoms with van der Waals surface area (Å²) in [4.78, 5) is 15.4. The number of amides is 1. The quantitative estimate of drug-likeness (QED) is 0.876. The fourth-order valence-electron chi connectivity index (χ4n) is 2.11. The molecule has 2 rings (SSSR count). The number of aromatic nitrogens is 2. The molecule has 0 aliphatic rings. The average molecular weight is 273 g/mol. The van der Waals surface area contributed by atoms with Gasteiger partial charge < -0.3 is 15.0 Å². The van der Waals surface area contributed by atoms with Crippen molar-refractivity contribution in [1.82, 2.24) is 9.55 Å². The van der Waals surface area contributed by atoms with Crippen LogP contribution in [0.1, 0.15) is 41.7 Å². The van der Waals surface area contributed by atoms with E-state index in [0.29, 0.717) is 18.7 Å². The smallest absolute Gasteiger partial charge is 0.248 e. The molecule has 1 aromatic heterocycles. The SMILES string of the molecule is CCO[C@H](C)c1nccn1Cc1ccc(C(N)=O)cc1. The highest BCUT2D eigenvalue weighted by Crippen LogP contribution is 2.16. The van der Waals surface area contributed by atoms with E-state index < -0.39 is 5.91 Å². The van der Waals surface area contributed by atoms with Crippen molar-refractivity contribution in [3.8, 4) is 0 Å². The number of carbonyl (C=O) groups is 1. The molecule has 1 heterocycles. The number of benzene rings is 1. The summed E-state index contributed by atoms with van der Waals surface area (Å²) in [6.07, 6.45) is 3.65. The summed E-state index contributed by atoms with van der Waals surface area (Å²) in [5.41, 5.74) is 6.82. The molecule has 106 valence electrons. The van der Waals surface area contributed by atoms with E-state index in [-0.39, 0.29) is 6.10 Å². The number of hydrogen-bond acceptors (Lipinski definition) is 3. The Kier molecular flexibility index (Phi) is 4.53. The molecule has 20 heavy (non-hydrogen) atoms. The lowest BCUT2D eigenvalue weighted by atomic mass is 10.1. The average Bonchev–Trinajstić information content (AvgIpc) is 2.88. The number of primary amides is 1. The minimum absolute atomic E-state index is 0.0418. The number of hydrogen-bond donors (Lipinski definition) is 1. The molecule has 5 nitrogen and oxygen atoms in total. The van der Waals surface area contributed by atoms with Crippen LogP contribution in [0.15, 0.2) is 36.7 Å². The summed E-state index contributed by atoms with van der Waals surface area (Å²) < 4.78 is 7.61. The zero-order valence-electron chi connectivity index (χ0n) is 11.7. The monoisotopic (exact) mass is 273 g/mol. The van der Waals surface area contributed by atoms with Crippen LogP contribution >= 0.6 is 0 Å². The highest BCUT2D eigenvalue weighted by Gasteiger charge is 2.12. The Hall–Kier alpha value is -2.14. The van der Waals surface area contributed by atoms with Gasteiger partial charge in [0.2, 0.25) is 5.91 Å². The maximum absolute atomic E-state index is 11.0. The summed E-state index contributed by atoms with van der Waals surface area (Å²) in [5, 5.41) is 0. The van der Waals surface area contributed by atoms with Gasteiger partial charge in [-0.15, -0.1) is 0 Å². The molecule has 0 bridgehead atoms. The second kappa shape index (κ2) is 6.34. The lowest BCUT2D eigenvalue weighted by molar-refractivity contribution is 0.0677. The van der Waals surface area contributed by atoms with Crippen LogP contribution in [0.3, 0.4) is 0 Å². The van der Waals surface area contributed by atoms with Gasteiger partial charge in [-0.3, -0.25) is 4.79 Å². The van der Waals surface area contributed by atoms with E-state index >= 15 is 0 Å². The second-order valence-corrected chi connectivity index (χ2v) is 4.57. The molecular formula is C15H19N3O2. The Morgan fingerprint density at radius 3 is 2.70 bits per heavy atom. The Morgan fingerprint density at radius 1 is 1.40 bits per heavy atom. The van der Waals surface area contributed by atoms with Crippen molar-refractivity contribution in [3.63, 3.8) is 0 Å². The number of nitrogens with two attached hydrogens (primary N) is 1. The zero-order valence-corrected chi connectivity index (χ0v) is 11.7. The summed E-state index contributed by atoms with van der Waals surface area (Å²) in [6, 6.07) is 7.27. The normalized spacial score (nSPS) is 12.3. The van der Waals surface area contributed by atoms with Gasteiger partial charge in [-0.1, -0.05) is 12.1 Å². The molecule has 1 atom stereocenters. The van der Waals surface area contributed by atoms with Crippen molar-refractivity contribution in [2.75, 3.05) is 6.61 Å². The predicted octanol–water partition coefficient (Wildman–Crippen LogP) is 2.13. The van der Waals surface area contributed by atoms with Crippen molar-refractivity contribution in [1.29, 1.82) is 0 Å². The molecule has 0 saturated heterocycles. The van der Waals surface area contributed by atoms with Crippen LogP contribution in [0, 0.1) is 0 Å². The molecule has 0 saturated carbocycles. The first-order chi connectivity index (χ1) is 9.61. The highest BCUT2D eigenvalue weighted by molar-refractivity contribution is 5.92. The second-order valence-electron chi connectivity index (χ2n) is 4.57. The standard InChI is InChI=1S/C15H19N3O2/c1-3-20-11(2)15-17-8-9-18(15)10-12-4-6-13(7-5-12)14(16)19/h4-9,11H,3,10H2,1-2H3,(H2,16,19)/t11-/m1/s1. The summed E-state index contributed by atoms with van der Waals surface area (Å²) in [6.45, 7) is 5.29. The third-order valence-electron chi connectivity index (χ3n) is 3.12. The van der Waals surface area contributed by atoms with Gasteiger partial charge in [-0.2, -0.15) is 0 Å². The van der Waals surface area contributed by atoms with E-state index in [0.717, 1.165) is 11.4 Å². The fraction of sp³-hybridized carbons (Fsp3) is 0.333. The molecule has 1 amide bonds. The molecule has 5 heteroatoms. The molecule has 0 aliphatic carbocycles. The van der Waals surface area contributed by atoms with E-state index in [1.54, 1.807) is 18.3 Å². The first-order valence-electron chi connectivity index (χ1n) is 6.63. The number of imidazole rings is 1. The molecule has 2 N–H and O–H groups in total. The van der Waals surface area contributed by atoms with Gasteiger partial charge >= 0.3 is 0 Å². The fourth-order valence-corrected chi connectivity index (χ4v) is 2.11. The topological polar surface area (TPSA) is 70.1 Å². The van der Waals surface area contributed by atoms with Crippen molar-refractivity contribution in [2.24, 2.45) is 5.73 Å². The molecule has 0 aliphatic heterocycles. The van der Waals surface area contributed by atoms with E-state index in [2.05, 4.69) is 4.98 Å². The maximum Gasteiger partial charge on any atom is 0.248 e. The van der Waals surface area contributed by atoms with Gasteiger partial charge in [0.1, 0.15) is 11.9 Å². The van der Waals surface area contributed by atoms with Gasteiger partial charge in [0.15, 0.2) is 0 Å². The van der Waals surface area contributed by atoms with Gasteiger partial charge in [0.25, 0.3) is 0 Å². The number of rotatable bonds is 6. The minimum Gasteiger partial charge on any atom is -0.371 e. The van der Waals surface area contributed by atoms with Crippen molar-refractivity contribution < 1.29 is 9.53 Å². The van der Waals surface area contributed by atoms with Crippen LogP contribution in [0.5, 0.6) is 0 Å². The summed E-state index contributed by atoms with van der Waals surface area (Å²) in [5.74, 6) is 0.482.